The number of anilines is 1. The Morgan fingerprint density at radius 1 is 1.06 bits per heavy atom. The zero-order valence-corrected chi connectivity index (χ0v) is 31.8. The van der Waals surface area contributed by atoms with Gasteiger partial charge < -0.3 is 28.4 Å². The maximum Gasteiger partial charge on any atom is 0.410 e. The molecule has 1 amide bonds. The van der Waals surface area contributed by atoms with Crippen LogP contribution in [0.25, 0.3) is 16.8 Å². The first-order valence-electron chi connectivity index (χ1n) is 16.7. The van der Waals surface area contributed by atoms with Crippen LogP contribution in [0.5, 0.6) is 0 Å². The maximum absolute atomic E-state index is 13.1. The number of fused-ring (bicyclic) bond motifs is 1. The van der Waals surface area contributed by atoms with Crippen LogP contribution in [0.1, 0.15) is 51.0 Å². The molecule has 3 aromatic rings. The van der Waals surface area contributed by atoms with Gasteiger partial charge in [-0.3, -0.25) is 0 Å². The number of hydrogen-bond acceptors (Lipinski definition) is 10. The normalized spacial score (nSPS) is 16.1. The van der Waals surface area contributed by atoms with Gasteiger partial charge >= 0.3 is 6.09 Å². The van der Waals surface area contributed by atoms with Gasteiger partial charge in [-0.2, -0.15) is 14.5 Å². The van der Waals surface area contributed by atoms with Crippen molar-refractivity contribution >= 4 is 33.7 Å². The second-order valence-corrected chi connectivity index (χ2v) is 27.2. The topological polar surface area (TPSA) is 124 Å². The van der Waals surface area contributed by atoms with Crippen LogP contribution < -0.4 is 4.90 Å². The van der Waals surface area contributed by atoms with Crippen molar-refractivity contribution in [3.05, 3.63) is 41.0 Å². The van der Waals surface area contributed by atoms with Crippen molar-refractivity contribution in [3.8, 4) is 11.1 Å². The summed E-state index contributed by atoms with van der Waals surface area (Å²) in [5.41, 5.74) is 2.46. The molecule has 47 heavy (non-hydrogen) atoms. The van der Waals surface area contributed by atoms with Crippen molar-refractivity contribution in [1.82, 2.24) is 19.5 Å². The summed E-state index contributed by atoms with van der Waals surface area (Å²) in [7, 11) is -2.56. The van der Waals surface area contributed by atoms with E-state index in [0.717, 1.165) is 47.6 Å². The van der Waals surface area contributed by atoms with Gasteiger partial charge in [0.1, 0.15) is 37.2 Å². The largest absolute Gasteiger partial charge is 0.467 e. The second kappa shape index (κ2) is 15.4. The average molecular weight is 687 g/mol. The van der Waals surface area contributed by atoms with E-state index in [0.29, 0.717) is 51.2 Å². The number of hydrogen-bond donors (Lipinski definition) is 0. The molecule has 12 nitrogen and oxygen atoms in total. The Balaban J connectivity index is 1.73. The van der Waals surface area contributed by atoms with Crippen LogP contribution in [-0.4, -0.2) is 87.1 Å². The third kappa shape index (κ3) is 11.0. The van der Waals surface area contributed by atoms with Crippen molar-refractivity contribution < 1.29 is 23.4 Å². The van der Waals surface area contributed by atoms with Gasteiger partial charge in [-0.1, -0.05) is 44.5 Å². The van der Waals surface area contributed by atoms with E-state index in [9.17, 15) is 9.70 Å². The summed E-state index contributed by atoms with van der Waals surface area (Å²) in [5.74, 6) is 1.26. The van der Waals surface area contributed by atoms with Crippen LogP contribution in [0.4, 0.5) is 10.6 Å². The molecular formula is C33H54N6O6Si2. The Morgan fingerprint density at radius 3 is 2.32 bits per heavy atom. The first-order chi connectivity index (χ1) is 22.0. The molecule has 4 rings (SSSR count). The predicted octanol–water partition coefficient (Wildman–Crippen LogP) is 7.80. The summed E-state index contributed by atoms with van der Waals surface area (Å²) in [6.07, 6.45) is 4.78. The lowest BCUT2D eigenvalue weighted by molar-refractivity contribution is 0.0197. The van der Waals surface area contributed by atoms with E-state index in [1.165, 1.54) is 0 Å². The summed E-state index contributed by atoms with van der Waals surface area (Å²) in [6.45, 7) is 22.8. The van der Waals surface area contributed by atoms with Crippen LogP contribution in [0, 0.1) is 4.91 Å². The van der Waals surface area contributed by atoms with E-state index in [-0.39, 0.29) is 18.6 Å². The number of aromatic nitrogens is 3. The highest BCUT2D eigenvalue weighted by molar-refractivity contribution is 6.76. The van der Waals surface area contributed by atoms with Gasteiger partial charge in [0.05, 0.1) is 18.2 Å². The van der Waals surface area contributed by atoms with Crippen LogP contribution in [0.2, 0.25) is 51.4 Å². The Kier molecular flexibility index (Phi) is 12.1. The zero-order valence-electron chi connectivity index (χ0n) is 29.8. The summed E-state index contributed by atoms with van der Waals surface area (Å²) in [5, 5.41) is 7.75. The third-order valence-corrected chi connectivity index (χ3v) is 11.4. The lowest BCUT2D eigenvalue weighted by Crippen LogP contribution is -2.42. The maximum atomic E-state index is 13.1. The number of likely N-dealkylation sites (tertiary alicyclic amines) is 1. The van der Waals surface area contributed by atoms with E-state index >= 15 is 0 Å². The molecule has 1 aliphatic rings. The van der Waals surface area contributed by atoms with Gasteiger partial charge in [0.2, 0.25) is 0 Å². The van der Waals surface area contributed by atoms with E-state index in [1.807, 2.05) is 25.3 Å². The Labute approximate surface area is 281 Å². The van der Waals surface area contributed by atoms with E-state index < -0.39 is 21.7 Å². The number of carbonyl (C=O) groups excluding carboxylic acids is 1. The van der Waals surface area contributed by atoms with Crippen LogP contribution >= 0.6 is 0 Å². The molecule has 0 N–H and O–H groups in total. The summed E-state index contributed by atoms with van der Waals surface area (Å²) in [4.78, 5) is 33.0. The van der Waals surface area contributed by atoms with Crippen molar-refractivity contribution in [2.24, 2.45) is 5.18 Å². The number of nitrogens with zero attached hydrogens (tertiary/aromatic N) is 6. The lowest BCUT2D eigenvalue weighted by atomic mass is 9.94. The number of nitroso groups, excluding NO2 is 1. The molecule has 0 spiro atoms. The predicted molar refractivity (Wildman–Crippen MR) is 190 cm³/mol. The summed E-state index contributed by atoms with van der Waals surface area (Å²) in [6, 6.07) is 5.98. The summed E-state index contributed by atoms with van der Waals surface area (Å²) >= 11 is 0. The molecule has 1 unspecified atom stereocenters. The van der Waals surface area contributed by atoms with Gasteiger partial charge in [0.25, 0.3) is 0 Å². The molecule has 1 aliphatic heterocycles. The van der Waals surface area contributed by atoms with Gasteiger partial charge in [-0.15, -0.1) is 0 Å². The average Bonchev–Trinajstić information content (AvgIpc) is 3.61. The number of piperidine rings is 1. The molecule has 0 radical (unpaired) electrons. The summed E-state index contributed by atoms with van der Waals surface area (Å²) < 4.78 is 25.7. The standard InChI is InChI=1S/C33H54N6O6Si2/c1-33(2,3)45-32(40)37-12-10-11-25(21-37)29-18-30(38(23-42-13-15-46(4,5)6)24-43-14-16-47(7,8)9)39-31(36-29)28(20-34-39)26-17-27(19-35-41)44-22-26/h17-18,20,22,25H,10-16,19,21,23-24H2,1-9H3. The van der Waals surface area contributed by atoms with Gasteiger partial charge in [0.15, 0.2) is 5.65 Å². The molecule has 0 aromatic carbocycles. The van der Waals surface area contributed by atoms with Crippen molar-refractivity contribution in [3.63, 3.8) is 0 Å². The fourth-order valence-corrected chi connectivity index (χ4v) is 6.77. The fraction of sp³-hybridized carbons (Fsp3) is 0.667. The molecular weight excluding hydrogens is 633 g/mol. The minimum atomic E-state index is -1.28. The van der Waals surface area contributed by atoms with E-state index in [4.69, 9.17) is 28.7 Å². The first kappa shape index (κ1) is 36.8. The number of ether oxygens (including phenoxy) is 3. The number of carbonyl (C=O) groups is 1. The molecule has 14 heteroatoms. The van der Waals surface area contributed by atoms with Gasteiger partial charge in [0, 0.05) is 65.6 Å². The first-order valence-corrected chi connectivity index (χ1v) is 24.1. The van der Waals surface area contributed by atoms with Crippen LogP contribution in [0.15, 0.2) is 34.2 Å². The minimum absolute atomic E-state index is 0.00981. The van der Waals surface area contributed by atoms with E-state index in [2.05, 4.69) is 55.4 Å². The van der Waals surface area contributed by atoms with Gasteiger partial charge in [-0.05, 0) is 51.8 Å². The molecule has 0 saturated carbocycles. The number of furan rings is 1. The van der Waals surface area contributed by atoms with Crippen molar-refractivity contribution in [2.75, 3.05) is 44.7 Å². The molecule has 4 heterocycles. The monoisotopic (exact) mass is 686 g/mol. The number of amides is 1. The fourth-order valence-electron chi connectivity index (χ4n) is 5.26. The Morgan fingerprint density at radius 2 is 1.72 bits per heavy atom. The Bertz CT molecular complexity index is 1470. The molecule has 1 saturated heterocycles. The quantitative estimate of drug-likeness (QED) is 0.0682. The number of rotatable bonds is 15. The molecule has 3 aromatic heterocycles. The second-order valence-electron chi connectivity index (χ2n) is 15.9. The smallest absolute Gasteiger partial charge is 0.410 e. The molecule has 0 aliphatic carbocycles. The molecule has 1 atom stereocenters. The minimum Gasteiger partial charge on any atom is -0.467 e. The highest BCUT2D eigenvalue weighted by atomic mass is 28.3. The highest BCUT2D eigenvalue weighted by Crippen LogP contribution is 2.34. The lowest BCUT2D eigenvalue weighted by Gasteiger charge is -2.34. The molecule has 1 fully saturated rings. The third-order valence-electron chi connectivity index (χ3n) is 7.96. The van der Waals surface area contributed by atoms with E-state index in [1.54, 1.807) is 23.4 Å². The zero-order chi connectivity index (χ0) is 34.4. The van der Waals surface area contributed by atoms with Crippen molar-refractivity contribution in [1.29, 1.82) is 0 Å². The SMILES string of the molecule is CC(C)(C)OC(=O)N1CCCC(c2cc(N(COCC[Si](C)(C)C)COCC[Si](C)(C)C)n3ncc(-c4coc(CN=O)c4)c3n2)C1. The molecule has 0 bridgehead atoms. The van der Waals surface area contributed by atoms with Gasteiger partial charge in [-0.25, -0.2) is 9.78 Å². The molecule has 260 valence electrons. The van der Waals surface area contributed by atoms with Crippen LogP contribution in [-0.2, 0) is 20.8 Å². The van der Waals surface area contributed by atoms with Crippen molar-refractivity contribution in [2.45, 2.75) is 103 Å². The highest BCUT2D eigenvalue weighted by Gasteiger charge is 2.31. The van der Waals surface area contributed by atoms with Crippen LogP contribution in [0.3, 0.4) is 0 Å². The Hall–Kier alpha value is -3.08.